The van der Waals surface area contributed by atoms with E-state index < -0.39 is 6.10 Å². The highest BCUT2D eigenvalue weighted by molar-refractivity contribution is 5.29. The van der Waals surface area contributed by atoms with Gasteiger partial charge in [0.15, 0.2) is 0 Å². The third-order valence-corrected chi connectivity index (χ3v) is 2.34. The zero-order chi connectivity index (χ0) is 10.8. The van der Waals surface area contributed by atoms with E-state index in [9.17, 15) is 5.11 Å². The summed E-state index contributed by atoms with van der Waals surface area (Å²) in [7, 11) is 0. The van der Waals surface area contributed by atoms with Gasteiger partial charge in [-0.3, -0.25) is 0 Å². The minimum absolute atomic E-state index is 0.164. The smallest absolute Gasteiger partial charge is 0.0969 e. The SMILES string of the molecule is C=CC(O)c1ccc(C(C)(C)C)cc1. The van der Waals surface area contributed by atoms with E-state index in [4.69, 9.17) is 0 Å². The molecule has 0 aliphatic carbocycles. The van der Waals surface area contributed by atoms with Crippen LogP contribution in [-0.2, 0) is 5.41 Å². The van der Waals surface area contributed by atoms with Crippen molar-refractivity contribution in [3.63, 3.8) is 0 Å². The molecule has 0 aliphatic heterocycles. The van der Waals surface area contributed by atoms with E-state index in [2.05, 4.69) is 39.5 Å². The van der Waals surface area contributed by atoms with Gasteiger partial charge in [-0.1, -0.05) is 51.1 Å². The van der Waals surface area contributed by atoms with Crippen LogP contribution in [0.25, 0.3) is 0 Å². The average Bonchev–Trinajstić information content (AvgIpc) is 2.15. The lowest BCUT2D eigenvalue weighted by molar-refractivity contribution is 0.229. The van der Waals surface area contributed by atoms with Crippen LogP contribution in [0.3, 0.4) is 0 Å². The minimum Gasteiger partial charge on any atom is -0.384 e. The van der Waals surface area contributed by atoms with Gasteiger partial charge in [0, 0.05) is 0 Å². The lowest BCUT2D eigenvalue weighted by Crippen LogP contribution is -2.10. The molecule has 1 aromatic carbocycles. The van der Waals surface area contributed by atoms with Gasteiger partial charge in [-0.15, -0.1) is 6.58 Å². The van der Waals surface area contributed by atoms with Crippen molar-refractivity contribution in [2.75, 3.05) is 0 Å². The molecule has 0 saturated heterocycles. The van der Waals surface area contributed by atoms with Gasteiger partial charge in [0.05, 0.1) is 6.10 Å². The maximum Gasteiger partial charge on any atom is 0.0969 e. The predicted molar refractivity (Wildman–Crippen MR) is 60.3 cm³/mol. The fraction of sp³-hybridized carbons (Fsp3) is 0.385. The van der Waals surface area contributed by atoms with Crippen molar-refractivity contribution < 1.29 is 5.11 Å². The Hall–Kier alpha value is -1.08. The zero-order valence-corrected chi connectivity index (χ0v) is 9.12. The monoisotopic (exact) mass is 190 g/mol. The predicted octanol–water partition coefficient (Wildman–Crippen LogP) is 3.20. The maximum atomic E-state index is 9.50. The molecule has 1 unspecified atom stereocenters. The normalized spacial score (nSPS) is 13.7. The van der Waals surface area contributed by atoms with E-state index in [0.717, 1.165) is 5.56 Å². The lowest BCUT2D eigenvalue weighted by atomic mass is 9.86. The van der Waals surface area contributed by atoms with Crippen molar-refractivity contribution in [1.29, 1.82) is 0 Å². The summed E-state index contributed by atoms with van der Waals surface area (Å²) in [5.41, 5.74) is 2.34. The molecule has 0 spiro atoms. The zero-order valence-electron chi connectivity index (χ0n) is 9.12. The molecule has 0 heterocycles. The van der Waals surface area contributed by atoms with Crippen LogP contribution >= 0.6 is 0 Å². The van der Waals surface area contributed by atoms with Crippen LogP contribution in [0.5, 0.6) is 0 Å². The Labute approximate surface area is 86.1 Å². The van der Waals surface area contributed by atoms with Crippen LogP contribution in [-0.4, -0.2) is 5.11 Å². The Morgan fingerprint density at radius 3 is 2.07 bits per heavy atom. The number of rotatable bonds is 2. The van der Waals surface area contributed by atoms with Crippen molar-refractivity contribution in [2.45, 2.75) is 32.3 Å². The second-order valence-corrected chi connectivity index (χ2v) is 4.55. The first-order valence-corrected chi connectivity index (χ1v) is 4.86. The van der Waals surface area contributed by atoms with Gasteiger partial charge < -0.3 is 5.11 Å². The number of hydrogen-bond acceptors (Lipinski definition) is 1. The molecule has 14 heavy (non-hydrogen) atoms. The quantitative estimate of drug-likeness (QED) is 0.710. The van der Waals surface area contributed by atoms with E-state index in [1.165, 1.54) is 11.6 Å². The van der Waals surface area contributed by atoms with Crippen LogP contribution in [0.1, 0.15) is 38.0 Å². The molecule has 1 nitrogen and oxygen atoms in total. The van der Waals surface area contributed by atoms with E-state index in [1.807, 2.05) is 12.1 Å². The fourth-order valence-electron chi connectivity index (χ4n) is 1.32. The molecule has 0 saturated carbocycles. The van der Waals surface area contributed by atoms with Crippen LogP contribution < -0.4 is 0 Å². The molecule has 1 aromatic rings. The summed E-state index contributed by atoms with van der Waals surface area (Å²) in [5.74, 6) is 0. The van der Waals surface area contributed by atoms with E-state index >= 15 is 0 Å². The molecule has 0 radical (unpaired) electrons. The summed E-state index contributed by atoms with van der Waals surface area (Å²) in [5, 5.41) is 9.50. The van der Waals surface area contributed by atoms with Gasteiger partial charge >= 0.3 is 0 Å². The summed E-state index contributed by atoms with van der Waals surface area (Å²) in [6, 6.07) is 8.02. The highest BCUT2D eigenvalue weighted by Crippen LogP contribution is 2.23. The number of aliphatic hydroxyl groups is 1. The Bertz CT molecular complexity index is 303. The molecule has 1 atom stereocenters. The second-order valence-electron chi connectivity index (χ2n) is 4.55. The number of benzene rings is 1. The molecule has 1 rings (SSSR count). The molecule has 0 aromatic heterocycles. The van der Waals surface area contributed by atoms with Crippen LogP contribution in [0.2, 0.25) is 0 Å². The molecule has 0 fully saturated rings. The van der Waals surface area contributed by atoms with Crippen molar-refractivity contribution >= 4 is 0 Å². The van der Waals surface area contributed by atoms with Crippen LogP contribution in [0.4, 0.5) is 0 Å². The molecule has 0 bridgehead atoms. The van der Waals surface area contributed by atoms with Gasteiger partial charge in [0.1, 0.15) is 0 Å². The lowest BCUT2D eigenvalue weighted by Gasteiger charge is -2.19. The van der Waals surface area contributed by atoms with Gasteiger partial charge in [-0.25, -0.2) is 0 Å². The highest BCUT2D eigenvalue weighted by Gasteiger charge is 2.13. The van der Waals surface area contributed by atoms with Gasteiger partial charge in [-0.05, 0) is 16.5 Å². The molecular formula is C13H18O. The van der Waals surface area contributed by atoms with E-state index in [1.54, 1.807) is 0 Å². The standard InChI is InChI=1S/C13H18O/c1-5-12(14)10-6-8-11(9-7-10)13(2,3)4/h5-9,12,14H,1H2,2-4H3. The van der Waals surface area contributed by atoms with Crippen molar-refractivity contribution in [2.24, 2.45) is 0 Å². The largest absolute Gasteiger partial charge is 0.384 e. The molecule has 1 heteroatoms. The Kier molecular flexibility index (Phi) is 3.12. The summed E-state index contributed by atoms with van der Waals surface area (Å²) < 4.78 is 0. The summed E-state index contributed by atoms with van der Waals surface area (Å²) in [4.78, 5) is 0. The van der Waals surface area contributed by atoms with Crippen molar-refractivity contribution in [3.8, 4) is 0 Å². The molecule has 0 amide bonds. The van der Waals surface area contributed by atoms with Gasteiger partial charge in [-0.2, -0.15) is 0 Å². The number of hydrogen-bond donors (Lipinski definition) is 1. The van der Waals surface area contributed by atoms with Crippen LogP contribution in [0.15, 0.2) is 36.9 Å². The first-order chi connectivity index (χ1) is 6.45. The topological polar surface area (TPSA) is 20.2 Å². The highest BCUT2D eigenvalue weighted by atomic mass is 16.3. The summed E-state index contributed by atoms with van der Waals surface area (Å²) in [6.07, 6.45) is 0.982. The van der Waals surface area contributed by atoms with Crippen LogP contribution in [0, 0.1) is 0 Å². The van der Waals surface area contributed by atoms with E-state index in [-0.39, 0.29) is 5.41 Å². The molecule has 1 N–H and O–H groups in total. The first-order valence-electron chi connectivity index (χ1n) is 4.86. The average molecular weight is 190 g/mol. The Balaban J connectivity index is 2.95. The van der Waals surface area contributed by atoms with Gasteiger partial charge in [0.2, 0.25) is 0 Å². The molecule has 76 valence electrons. The second kappa shape index (κ2) is 3.97. The van der Waals surface area contributed by atoms with Gasteiger partial charge in [0.25, 0.3) is 0 Å². The minimum atomic E-state index is -0.552. The number of aliphatic hydroxyl groups excluding tert-OH is 1. The first kappa shape index (κ1) is 11.0. The Morgan fingerprint density at radius 1 is 1.21 bits per heavy atom. The molecular weight excluding hydrogens is 172 g/mol. The third kappa shape index (κ3) is 2.46. The van der Waals surface area contributed by atoms with Crippen molar-refractivity contribution in [1.82, 2.24) is 0 Å². The fourth-order valence-corrected chi connectivity index (χ4v) is 1.32. The third-order valence-electron chi connectivity index (χ3n) is 2.34. The van der Waals surface area contributed by atoms with E-state index in [0.29, 0.717) is 0 Å². The summed E-state index contributed by atoms with van der Waals surface area (Å²) in [6.45, 7) is 10.1. The van der Waals surface area contributed by atoms with Crippen molar-refractivity contribution in [3.05, 3.63) is 48.0 Å². The maximum absolute atomic E-state index is 9.50. The molecule has 0 aliphatic rings. The summed E-state index contributed by atoms with van der Waals surface area (Å²) >= 11 is 0. The Morgan fingerprint density at radius 2 is 1.71 bits per heavy atom.